The summed E-state index contributed by atoms with van der Waals surface area (Å²) >= 11 is 0. The molecule has 0 aliphatic heterocycles. The molecule has 0 amide bonds. The summed E-state index contributed by atoms with van der Waals surface area (Å²) in [6, 6.07) is 1.12. The Kier molecular flexibility index (Phi) is 4.67. The van der Waals surface area contributed by atoms with Gasteiger partial charge in [-0.1, -0.05) is 20.8 Å². The second kappa shape index (κ2) is 6.08. The summed E-state index contributed by atoms with van der Waals surface area (Å²) in [5.74, 6) is 0.814. The molecule has 3 heteroatoms. The molecule has 19 heavy (non-hydrogen) atoms. The Labute approximate surface area is 117 Å². The van der Waals surface area contributed by atoms with Crippen molar-refractivity contribution in [2.45, 2.75) is 72.4 Å². The first-order valence-corrected chi connectivity index (χ1v) is 7.86. The summed E-state index contributed by atoms with van der Waals surface area (Å²) in [6.07, 6.45) is 4.96. The van der Waals surface area contributed by atoms with E-state index in [9.17, 15) is 0 Å². The van der Waals surface area contributed by atoms with Crippen LogP contribution in [0.25, 0.3) is 0 Å². The van der Waals surface area contributed by atoms with E-state index in [1.807, 2.05) is 0 Å². The topological polar surface area (TPSA) is 29.9 Å². The van der Waals surface area contributed by atoms with E-state index < -0.39 is 0 Å². The molecule has 2 rings (SSSR count). The zero-order valence-electron chi connectivity index (χ0n) is 13.2. The molecule has 0 saturated heterocycles. The summed E-state index contributed by atoms with van der Waals surface area (Å²) in [6.45, 7) is 12.2. The van der Waals surface area contributed by atoms with E-state index in [4.69, 9.17) is 5.10 Å². The summed E-state index contributed by atoms with van der Waals surface area (Å²) in [5.41, 5.74) is 4.03. The van der Waals surface area contributed by atoms with Crippen LogP contribution in [-0.4, -0.2) is 22.4 Å². The van der Waals surface area contributed by atoms with Gasteiger partial charge in [0, 0.05) is 11.7 Å². The first kappa shape index (κ1) is 14.6. The Balaban J connectivity index is 2.30. The molecule has 1 aromatic rings. The van der Waals surface area contributed by atoms with Crippen LogP contribution in [0.4, 0.5) is 0 Å². The first-order valence-electron chi connectivity index (χ1n) is 7.86. The van der Waals surface area contributed by atoms with Gasteiger partial charge in [0.25, 0.3) is 0 Å². The summed E-state index contributed by atoms with van der Waals surface area (Å²) in [7, 11) is 0. The van der Waals surface area contributed by atoms with Gasteiger partial charge in [0.05, 0.1) is 11.7 Å². The number of nitrogens with one attached hydrogen (secondary N) is 1. The molecule has 0 spiro atoms. The number of hydrogen-bond acceptors (Lipinski definition) is 2. The molecule has 1 aliphatic rings. The van der Waals surface area contributed by atoms with Crippen molar-refractivity contribution in [3.63, 3.8) is 0 Å². The van der Waals surface area contributed by atoms with E-state index in [1.54, 1.807) is 0 Å². The van der Waals surface area contributed by atoms with Crippen molar-refractivity contribution in [3.05, 3.63) is 17.0 Å². The molecule has 0 radical (unpaired) electrons. The van der Waals surface area contributed by atoms with Crippen molar-refractivity contribution < 1.29 is 0 Å². The molecule has 1 heterocycles. The third-order valence-corrected chi connectivity index (χ3v) is 4.69. The number of aromatic nitrogens is 2. The Bertz CT molecular complexity index is 422. The SMILES string of the molecule is CCNC1CCC(C)CC1n1nc(C)c(CC)c1C. The van der Waals surface area contributed by atoms with Crippen LogP contribution in [0.1, 0.15) is 63.0 Å². The van der Waals surface area contributed by atoms with E-state index in [-0.39, 0.29) is 0 Å². The lowest BCUT2D eigenvalue weighted by molar-refractivity contribution is 0.202. The second-order valence-corrected chi connectivity index (χ2v) is 6.10. The van der Waals surface area contributed by atoms with Gasteiger partial charge in [-0.25, -0.2) is 0 Å². The van der Waals surface area contributed by atoms with Crippen molar-refractivity contribution in [3.8, 4) is 0 Å². The third-order valence-electron chi connectivity index (χ3n) is 4.69. The van der Waals surface area contributed by atoms with Crippen molar-refractivity contribution in [1.29, 1.82) is 0 Å². The quantitative estimate of drug-likeness (QED) is 0.902. The van der Waals surface area contributed by atoms with Crippen LogP contribution >= 0.6 is 0 Å². The Morgan fingerprint density at radius 1 is 1.26 bits per heavy atom. The molecule has 1 fully saturated rings. The normalized spacial score (nSPS) is 27.7. The lowest BCUT2D eigenvalue weighted by atomic mass is 9.83. The number of nitrogens with zero attached hydrogens (tertiary/aromatic N) is 2. The maximum atomic E-state index is 4.85. The van der Waals surface area contributed by atoms with E-state index in [0.29, 0.717) is 12.1 Å². The fraction of sp³-hybridized carbons (Fsp3) is 0.812. The van der Waals surface area contributed by atoms with Crippen molar-refractivity contribution >= 4 is 0 Å². The van der Waals surface area contributed by atoms with E-state index >= 15 is 0 Å². The van der Waals surface area contributed by atoms with Crippen molar-refractivity contribution in [1.82, 2.24) is 15.1 Å². The zero-order chi connectivity index (χ0) is 14.0. The van der Waals surface area contributed by atoms with E-state index in [1.165, 1.54) is 36.2 Å². The Morgan fingerprint density at radius 3 is 2.58 bits per heavy atom. The fourth-order valence-corrected chi connectivity index (χ4v) is 3.65. The van der Waals surface area contributed by atoms with Crippen molar-refractivity contribution in [2.24, 2.45) is 5.92 Å². The first-order chi connectivity index (χ1) is 9.08. The number of aryl methyl sites for hydroxylation is 1. The van der Waals surface area contributed by atoms with Gasteiger partial charge >= 0.3 is 0 Å². The highest BCUT2D eigenvalue weighted by molar-refractivity contribution is 5.25. The molecular weight excluding hydrogens is 234 g/mol. The van der Waals surface area contributed by atoms with Crippen LogP contribution in [-0.2, 0) is 6.42 Å². The highest BCUT2D eigenvalue weighted by Crippen LogP contribution is 2.34. The minimum atomic E-state index is 0.530. The van der Waals surface area contributed by atoms with Gasteiger partial charge in [0.1, 0.15) is 0 Å². The highest BCUT2D eigenvalue weighted by atomic mass is 15.3. The second-order valence-electron chi connectivity index (χ2n) is 6.10. The van der Waals surface area contributed by atoms with Crippen LogP contribution < -0.4 is 5.32 Å². The summed E-state index contributed by atoms with van der Waals surface area (Å²) in [4.78, 5) is 0. The maximum absolute atomic E-state index is 4.85. The van der Waals surface area contributed by atoms with Crippen LogP contribution in [0.2, 0.25) is 0 Å². The number of rotatable bonds is 4. The van der Waals surface area contributed by atoms with Gasteiger partial charge in [-0.05, 0) is 57.6 Å². The molecular formula is C16H29N3. The van der Waals surface area contributed by atoms with Crippen LogP contribution in [0.15, 0.2) is 0 Å². The number of likely N-dealkylation sites (N-methyl/N-ethyl adjacent to an activating group) is 1. The smallest absolute Gasteiger partial charge is 0.0677 e. The molecule has 0 aromatic carbocycles. The minimum Gasteiger partial charge on any atom is -0.312 e. The van der Waals surface area contributed by atoms with Gasteiger partial charge < -0.3 is 5.32 Å². The van der Waals surface area contributed by atoms with Gasteiger partial charge in [-0.15, -0.1) is 0 Å². The molecule has 1 aliphatic carbocycles. The average Bonchev–Trinajstić information content (AvgIpc) is 2.67. The van der Waals surface area contributed by atoms with Gasteiger partial charge in [0.15, 0.2) is 0 Å². The highest BCUT2D eigenvalue weighted by Gasteiger charge is 2.31. The fourth-order valence-electron chi connectivity index (χ4n) is 3.65. The predicted octanol–water partition coefficient (Wildman–Crippen LogP) is 3.40. The predicted molar refractivity (Wildman–Crippen MR) is 80.6 cm³/mol. The van der Waals surface area contributed by atoms with Gasteiger partial charge in [0.2, 0.25) is 0 Å². The van der Waals surface area contributed by atoms with E-state index in [0.717, 1.165) is 18.9 Å². The molecule has 108 valence electrons. The minimum absolute atomic E-state index is 0.530. The molecule has 1 N–H and O–H groups in total. The van der Waals surface area contributed by atoms with Gasteiger partial charge in [-0.2, -0.15) is 5.10 Å². The monoisotopic (exact) mass is 263 g/mol. The zero-order valence-corrected chi connectivity index (χ0v) is 13.2. The molecule has 0 bridgehead atoms. The molecule has 3 atom stereocenters. The van der Waals surface area contributed by atoms with E-state index in [2.05, 4.69) is 44.6 Å². The summed E-state index contributed by atoms with van der Waals surface area (Å²) < 4.78 is 2.32. The lowest BCUT2D eigenvalue weighted by Gasteiger charge is -2.36. The van der Waals surface area contributed by atoms with Crippen LogP contribution in [0.5, 0.6) is 0 Å². The molecule has 3 nitrogen and oxygen atoms in total. The largest absolute Gasteiger partial charge is 0.312 e. The standard InChI is InChI=1S/C16H29N3/c1-6-14-12(4)18-19(13(14)5)16-10-11(3)8-9-15(16)17-7-2/h11,15-17H,6-10H2,1-5H3. The average molecular weight is 263 g/mol. The Hall–Kier alpha value is -0.830. The lowest BCUT2D eigenvalue weighted by Crippen LogP contribution is -2.42. The van der Waals surface area contributed by atoms with Crippen LogP contribution in [0, 0.1) is 19.8 Å². The van der Waals surface area contributed by atoms with Gasteiger partial charge in [-0.3, -0.25) is 4.68 Å². The van der Waals surface area contributed by atoms with Crippen LogP contribution in [0.3, 0.4) is 0 Å². The molecule has 1 aromatic heterocycles. The third kappa shape index (κ3) is 2.86. The van der Waals surface area contributed by atoms with Crippen molar-refractivity contribution in [2.75, 3.05) is 6.54 Å². The molecule has 1 saturated carbocycles. The Morgan fingerprint density at radius 2 is 2.00 bits per heavy atom. The number of hydrogen-bond donors (Lipinski definition) is 1. The molecule has 3 unspecified atom stereocenters. The summed E-state index contributed by atoms with van der Waals surface area (Å²) in [5, 5.41) is 8.51. The maximum Gasteiger partial charge on any atom is 0.0677 e.